The topological polar surface area (TPSA) is 65.4 Å². The van der Waals surface area contributed by atoms with Gasteiger partial charge in [-0.3, -0.25) is 9.69 Å². The molecule has 0 radical (unpaired) electrons. The van der Waals surface area contributed by atoms with E-state index in [2.05, 4.69) is 49.2 Å². The maximum Gasteiger partial charge on any atom is 0.229 e. The summed E-state index contributed by atoms with van der Waals surface area (Å²) in [6.45, 7) is 8.15. The fraction of sp³-hybridized carbons (Fsp3) is 0.286. The molecule has 2 atom stereocenters. The van der Waals surface area contributed by atoms with Crippen LogP contribution in [-0.2, 0) is 4.79 Å². The van der Waals surface area contributed by atoms with Gasteiger partial charge in [0, 0.05) is 36.3 Å². The van der Waals surface area contributed by atoms with Gasteiger partial charge in [0.1, 0.15) is 11.5 Å². The van der Waals surface area contributed by atoms with Crippen LogP contribution in [0, 0.1) is 17.2 Å². The zero-order valence-electron chi connectivity index (χ0n) is 19.3. The van der Waals surface area contributed by atoms with Gasteiger partial charge < -0.3 is 10.1 Å². The Morgan fingerprint density at radius 1 is 0.970 bits per heavy atom. The van der Waals surface area contributed by atoms with Crippen molar-refractivity contribution in [1.29, 1.82) is 5.26 Å². The van der Waals surface area contributed by atoms with Crippen LogP contribution in [0.25, 0.3) is 0 Å². The van der Waals surface area contributed by atoms with E-state index in [-0.39, 0.29) is 23.3 Å². The smallest absolute Gasteiger partial charge is 0.229 e. The van der Waals surface area contributed by atoms with E-state index in [1.54, 1.807) is 24.3 Å². The van der Waals surface area contributed by atoms with Crippen LogP contribution in [0.5, 0.6) is 11.5 Å². The molecule has 0 saturated carbocycles. The molecular weight excluding hydrogens is 410 g/mol. The molecule has 0 unspecified atom stereocenters. The van der Waals surface area contributed by atoms with Crippen molar-refractivity contribution >= 4 is 11.6 Å². The van der Waals surface area contributed by atoms with Crippen molar-refractivity contribution in [2.45, 2.75) is 32.2 Å². The summed E-state index contributed by atoms with van der Waals surface area (Å²) in [6.07, 6.45) is 0. The zero-order chi connectivity index (χ0) is 23.4. The van der Waals surface area contributed by atoms with Crippen LogP contribution in [-0.4, -0.2) is 29.4 Å². The van der Waals surface area contributed by atoms with Gasteiger partial charge in [-0.1, -0.05) is 36.4 Å². The molecule has 1 N–H and O–H groups in total. The lowest BCUT2D eigenvalue weighted by atomic mass is 9.88. The van der Waals surface area contributed by atoms with E-state index in [1.807, 2.05) is 42.5 Å². The number of ether oxygens (including phenoxy) is 1. The number of amides is 1. The van der Waals surface area contributed by atoms with Crippen LogP contribution in [0.3, 0.4) is 0 Å². The molecule has 1 aliphatic rings. The molecule has 5 nitrogen and oxygen atoms in total. The quantitative estimate of drug-likeness (QED) is 0.545. The number of rotatable bonds is 5. The fourth-order valence-corrected chi connectivity index (χ4v) is 4.26. The first-order valence-electron chi connectivity index (χ1n) is 11.2. The first kappa shape index (κ1) is 22.6. The van der Waals surface area contributed by atoms with Gasteiger partial charge in [-0.15, -0.1) is 0 Å². The number of hydrogen-bond acceptors (Lipinski definition) is 4. The average molecular weight is 440 g/mol. The summed E-state index contributed by atoms with van der Waals surface area (Å²) in [5.41, 5.74) is 2.48. The standard InChI is InChI=1S/C28H29N3O2/c1-28(2,3)31-18-25(21-8-5-4-6-9-21)26(19-31)27(32)30-22-10-7-11-24(16-22)33-23-14-12-20(17-29)13-15-23/h4-16,25-26H,18-19H2,1-3H3,(H,30,32)/t25-,26+/m1/s1. The molecule has 1 amide bonds. The third-order valence-electron chi connectivity index (χ3n) is 6.15. The van der Waals surface area contributed by atoms with Gasteiger partial charge in [-0.05, 0) is 62.7 Å². The largest absolute Gasteiger partial charge is 0.457 e. The Hall–Kier alpha value is -3.62. The fourth-order valence-electron chi connectivity index (χ4n) is 4.26. The Morgan fingerprint density at radius 3 is 2.36 bits per heavy atom. The van der Waals surface area contributed by atoms with E-state index in [9.17, 15) is 4.79 Å². The van der Waals surface area contributed by atoms with Crippen LogP contribution in [0.15, 0.2) is 78.9 Å². The number of carbonyl (C=O) groups excluding carboxylic acids is 1. The number of nitrogens with one attached hydrogen (secondary N) is 1. The summed E-state index contributed by atoms with van der Waals surface area (Å²) in [4.78, 5) is 15.8. The van der Waals surface area contributed by atoms with E-state index >= 15 is 0 Å². The summed E-state index contributed by atoms with van der Waals surface area (Å²) >= 11 is 0. The summed E-state index contributed by atoms with van der Waals surface area (Å²) in [6, 6.07) is 26.7. The van der Waals surface area contributed by atoms with E-state index in [0.29, 0.717) is 22.7 Å². The molecule has 1 heterocycles. The van der Waals surface area contributed by atoms with Gasteiger partial charge in [0.25, 0.3) is 0 Å². The van der Waals surface area contributed by atoms with E-state index in [4.69, 9.17) is 10.00 Å². The molecular formula is C28H29N3O2. The molecule has 1 fully saturated rings. The molecule has 0 bridgehead atoms. The van der Waals surface area contributed by atoms with Crippen LogP contribution >= 0.6 is 0 Å². The predicted octanol–water partition coefficient (Wildman–Crippen LogP) is 5.80. The van der Waals surface area contributed by atoms with E-state index in [1.165, 1.54) is 5.56 Å². The molecule has 168 valence electrons. The molecule has 0 aliphatic carbocycles. The molecule has 3 aromatic rings. The molecule has 3 aromatic carbocycles. The highest BCUT2D eigenvalue weighted by molar-refractivity contribution is 5.93. The number of nitriles is 1. The van der Waals surface area contributed by atoms with E-state index in [0.717, 1.165) is 13.1 Å². The highest BCUT2D eigenvalue weighted by Gasteiger charge is 2.41. The second-order valence-corrected chi connectivity index (χ2v) is 9.45. The Bertz CT molecular complexity index is 1140. The number of likely N-dealkylation sites (tertiary alicyclic amines) is 1. The Labute approximate surface area is 195 Å². The monoisotopic (exact) mass is 439 g/mol. The molecule has 0 aromatic heterocycles. The van der Waals surface area contributed by atoms with Crippen molar-refractivity contribution in [1.82, 2.24) is 4.90 Å². The highest BCUT2D eigenvalue weighted by Crippen LogP contribution is 2.37. The first-order chi connectivity index (χ1) is 15.8. The number of anilines is 1. The average Bonchev–Trinajstić information content (AvgIpc) is 3.27. The number of hydrogen-bond donors (Lipinski definition) is 1. The zero-order valence-corrected chi connectivity index (χ0v) is 19.3. The SMILES string of the molecule is CC(C)(C)N1C[C@H](C(=O)Nc2cccc(Oc3ccc(C#N)cc3)c2)[C@@H](c2ccccc2)C1. The molecule has 4 rings (SSSR count). The van der Waals surface area contributed by atoms with Crippen molar-refractivity contribution in [3.8, 4) is 17.6 Å². The van der Waals surface area contributed by atoms with Gasteiger partial charge in [-0.25, -0.2) is 0 Å². The van der Waals surface area contributed by atoms with Crippen LogP contribution in [0.1, 0.15) is 37.8 Å². The lowest BCUT2D eigenvalue weighted by Gasteiger charge is -2.31. The number of carbonyl (C=O) groups is 1. The minimum Gasteiger partial charge on any atom is -0.457 e. The minimum absolute atomic E-state index is 0.00306. The van der Waals surface area contributed by atoms with Crippen molar-refractivity contribution in [3.05, 3.63) is 90.0 Å². The van der Waals surface area contributed by atoms with Crippen LogP contribution < -0.4 is 10.1 Å². The third-order valence-corrected chi connectivity index (χ3v) is 6.15. The number of nitrogens with zero attached hydrogens (tertiary/aromatic N) is 2. The second-order valence-electron chi connectivity index (χ2n) is 9.45. The predicted molar refractivity (Wildman–Crippen MR) is 130 cm³/mol. The maximum atomic E-state index is 13.4. The molecule has 5 heteroatoms. The Morgan fingerprint density at radius 2 is 1.70 bits per heavy atom. The molecule has 33 heavy (non-hydrogen) atoms. The summed E-state index contributed by atoms with van der Waals surface area (Å²) in [5, 5.41) is 12.1. The van der Waals surface area contributed by atoms with Gasteiger partial charge in [-0.2, -0.15) is 5.26 Å². The Balaban J connectivity index is 1.50. The van der Waals surface area contributed by atoms with Crippen molar-refractivity contribution < 1.29 is 9.53 Å². The summed E-state index contributed by atoms with van der Waals surface area (Å²) in [5.74, 6) is 1.28. The van der Waals surface area contributed by atoms with Gasteiger partial charge in [0.05, 0.1) is 17.6 Å². The molecule has 1 saturated heterocycles. The summed E-state index contributed by atoms with van der Waals surface area (Å²) < 4.78 is 5.91. The van der Waals surface area contributed by atoms with Gasteiger partial charge in [0.2, 0.25) is 5.91 Å². The first-order valence-corrected chi connectivity index (χ1v) is 11.2. The summed E-state index contributed by atoms with van der Waals surface area (Å²) in [7, 11) is 0. The molecule has 1 aliphatic heterocycles. The lowest BCUT2D eigenvalue weighted by Crippen LogP contribution is -2.40. The number of benzene rings is 3. The van der Waals surface area contributed by atoms with E-state index < -0.39 is 0 Å². The highest BCUT2D eigenvalue weighted by atomic mass is 16.5. The van der Waals surface area contributed by atoms with Gasteiger partial charge >= 0.3 is 0 Å². The van der Waals surface area contributed by atoms with Gasteiger partial charge in [0.15, 0.2) is 0 Å². The van der Waals surface area contributed by atoms with Crippen LogP contribution in [0.2, 0.25) is 0 Å². The second kappa shape index (κ2) is 9.48. The Kier molecular flexibility index (Phi) is 6.48. The minimum atomic E-state index is -0.144. The lowest BCUT2D eigenvalue weighted by molar-refractivity contribution is -0.120. The maximum absolute atomic E-state index is 13.4. The third kappa shape index (κ3) is 5.42. The van der Waals surface area contributed by atoms with Crippen molar-refractivity contribution in [2.75, 3.05) is 18.4 Å². The van der Waals surface area contributed by atoms with Crippen molar-refractivity contribution in [3.63, 3.8) is 0 Å². The van der Waals surface area contributed by atoms with Crippen LogP contribution in [0.4, 0.5) is 5.69 Å². The van der Waals surface area contributed by atoms with Crippen molar-refractivity contribution in [2.24, 2.45) is 5.92 Å². The normalized spacial score (nSPS) is 18.5. The molecule has 0 spiro atoms.